The highest BCUT2D eigenvalue weighted by Crippen LogP contribution is 2.30. The summed E-state index contributed by atoms with van der Waals surface area (Å²) in [6.45, 7) is 8.69. The number of ether oxygens (including phenoxy) is 7. The molecule has 214 valence electrons. The van der Waals surface area contributed by atoms with Gasteiger partial charge in [0.15, 0.2) is 11.5 Å². The maximum atomic E-state index is 12.4. The fourth-order valence-corrected chi connectivity index (χ4v) is 3.23. The van der Waals surface area contributed by atoms with E-state index in [-0.39, 0.29) is 36.7 Å². The Bertz CT molecular complexity index is 920. The zero-order valence-electron chi connectivity index (χ0n) is 22.9. The number of methoxy groups -OCH3 is 1. The maximum absolute atomic E-state index is 12.4. The van der Waals surface area contributed by atoms with Crippen LogP contribution in [0.1, 0.15) is 65.9 Å². The Morgan fingerprint density at radius 3 is 1.87 bits per heavy atom. The fourth-order valence-electron chi connectivity index (χ4n) is 3.23. The van der Waals surface area contributed by atoms with E-state index in [0.29, 0.717) is 18.4 Å². The van der Waals surface area contributed by atoms with Gasteiger partial charge in [0.2, 0.25) is 0 Å². The topological polar surface area (TPSA) is 159 Å². The van der Waals surface area contributed by atoms with Crippen LogP contribution in [0.15, 0.2) is 18.2 Å². The van der Waals surface area contributed by atoms with Crippen LogP contribution >= 0.6 is 0 Å². The lowest BCUT2D eigenvalue weighted by molar-refractivity contribution is -0.152. The summed E-state index contributed by atoms with van der Waals surface area (Å²) in [7, 11) is 1.16. The van der Waals surface area contributed by atoms with Gasteiger partial charge < -0.3 is 38.9 Å². The highest BCUT2D eigenvalue weighted by molar-refractivity contribution is 5.76. The molecule has 0 saturated carbocycles. The number of hydrogen-bond acceptors (Lipinski definition) is 12. The fraction of sp³-hybridized carbons (Fsp3) is 0.615. The first-order valence-electron chi connectivity index (χ1n) is 12.6. The molecule has 12 nitrogen and oxygen atoms in total. The van der Waals surface area contributed by atoms with Crippen LogP contribution in [0, 0.1) is 0 Å². The van der Waals surface area contributed by atoms with Crippen molar-refractivity contribution in [2.45, 2.75) is 91.1 Å². The molecule has 0 heterocycles. The summed E-state index contributed by atoms with van der Waals surface area (Å²) in [4.78, 5) is 48.0. The molecule has 0 bridgehead atoms. The van der Waals surface area contributed by atoms with Gasteiger partial charge in [0.05, 0.1) is 7.11 Å². The summed E-state index contributed by atoms with van der Waals surface area (Å²) in [5.74, 6) is -0.931. The second-order valence-electron chi connectivity index (χ2n) is 8.74. The molecule has 4 atom stereocenters. The molecule has 1 aromatic rings. The Morgan fingerprint density at radius 1 is 0.789 bits per heavy atom. The van der Waals surface area contributed by atoms with E-state index in [1.807, 2.05) is 13.8 Å². The molecule has 2 N–H and O–H groups in total. The van der Waals surface area contributed by atoms with E-state index in [1.54, 1.807) is 19.9 Å². The molecule has 0 spiro atoms. The number of nitrogens with two attached hydrogens (primary N) is 1. The van der Waals surface area contributed by atoms with Gasteiger partial charge in [0.25, 0.3) is 0 Å². The van der Waals surface area contributed by atoms with Crippen molar-refractivity contribution in [2.75, 3.05) is 13.7 Å². The summed E-state index contributed by atoms with van der Waals surface area (Å²) in [5.41, 5.74) is 6.47. The quantitative estimate of drug-likeness (QED) is 0.197. The van der Waals surface area contributed by atoms with Gasteiger partial charge in [0.1, 0.15) is 31.0 Å². The van der Waals surface area contributed by atoms with E-state index in [9.17, 15) is 19.2 Å². The first kappa shape index (κ1) is 32.5. The van der Waals surface area contributed by atoms with Crippen molar-refractivity contribution in [2.24, 2.45) is 5.73 Å². The van der Waals surface area contributed by atoms with Gasteiger partial charge in [-0.25, -0.2) is 14.4 Å². The van der Waals surface area contributed by atoms with E-state index in [2.05, 4.69) is 4.74 Å². The molecule has 0 aliphatic carbocycles. The van der Waals surface area contributed by atoms with Gasteiger partial charge in [0, 0.05) is 0 Å². The van der Waals surface area contributed by atoms with Crippen molar-refractivity contribution in [1.29, 1.82) is 0 Å². The van der Waals surface area contributed by atoms with Crippen LogP contribution in [0.2, 0.25) is 0 Å². The first-order chi connectivity index (χ1) is 18.0. The predicted octanol–water partition coefficient (Wildman–Crippen LogP) is 4.68. The van der Waals surface area contributed by atoms with Crippen LogP contribution in [0.3, 0.4) is 0 Å². The zero-order valence-corrected chi connectivity index (χ0v) is 22.9. The molecule has 0 radical (unpaired) electrons. The van der Waals surface area contributed by atoms with Crippen LogP contribution in [0.4, 0.5) is 14.4 Å². The number of rotatable bonds is 14. The average molecular weight is 542 g/mol. The van der Waals surface area contributed by atoms with Crippen LogP contribution < -0.4 is 15.2 Å². The number of carbonyl (C=O) groups is 4. The maximum Gasteiger partial charge on any atom is 0.514 e. The molecule has 0 aliphatic heterocycles. The second kappa shape index (κ2) is 17.1. The third-order valence-corrected chi connectivity index (χ3v) is 5.06. The van der Waals surface area contributed by atoms with Crippen molar-refractivity contribution >= 4 is 24.4 Å². The average Bonchev–Trinajstić information content (AvgIpc) is 2.84. The lowest BCUT2D eigenvalue weighted by atomic mass is 10.1. The lowest BCUT2D eigenvalue weighted by Gasteiger charge is -2.18. The minimum Gasteiger partial charge on any atom is -0.458 e. The smallest absolute Gasteiger partial charge is 0.458 e. The molecule has 0 aromatic heterocycles. The van der Waals surface area contributed by atoms with Crippen molar-refractivity contribution in [1.82, 2.24) is 0 Å². The molecular formula is C26H39NO11. The van der Waals surface area contributed by atoms with E-state index < -0.39 is 36.6 Å². The van der Waals surface area contributed by atoms with E-state index >= 15 is 0 Å². The summed E-state index contributed by atoms with van der Waals surface area (Å²) >= 11 is 0. The molecule has 1 aromatic carbocycles. The molecule has 0 aliphatic rings. The molecule has 38 heavy (non-hydrogen) atoms. The highest BCUT2D eigenvalue weighted by Gasteiger charge is 2.23. The SMILES string of the molecule is CCCC(C)OC(=O)Oc1ccc(C[C@H](N)C(=O)O[C@@H](C)COC(=O)OC)cc1OC(=O)OC(C)CCC. The van der Waals surface area contributed by atoms with E-state index in [0.717, 1.165) is 20.0 Å². The Labute approximate surface area is 223 Å². The lowest BCUT2D eigenvalue weighted by Crippen LogP contribution is -2.37. The van der Waals surface area contributed by atoms with Gasteiger partial charge in [-0.2, -0.15) is 0 Å². The molecule has 1 rings (SSSR count). The van der Waals surface area contributed by atoms with Crippen LogP contribution in [0.25, 0.3) is 0 Å². The minimum atomic E-state index is -1.09. The van der Waals surface area contributed by atoms with Gasteiger partial charge in [-0.15, -0.1) is 0 Å². The first-order valence-corrected chi connectivity index (χ1v) is 12.6. The Balaban J connectivity index is 2.96. The highest BCUT2D eigenvalue weighted by atomic mass is 16.8. The second-order valence-corrected chi connectivity index (χ2v) is 8.74. The van der Waals surface area contributed by atoms with Crippen molar-refractivity contribution in [3.05, 3.63) is 23.8 Å². The Kier molecular flexibility index (Phi) is 14.6. The van der Waals surface area contributed by atoms with Crippen LogP contribution in [-0.2, 0) is 34.9 Å². The predicted molar refractivity (Wildman–Crippen MR) is 135 cm³/mol. The van der Waals surface area contributed by atoms with Gasteiger partial charge in [-0.05, 0) is 57.7 Å². The Hall–Kier alpha value is -3.54. The molecule has 2 unspecified atom stereocenters. The number of carbonyl (C=O) groups excluding carboxylic acids is 4. The number of esters is 1. The molecule has 0 fully saturated rings. The third kappa shape index (κ3) is 12.6. The summed E-state index contributed by atoms with van der Waals surface area (Å²) < 4.78 is 35.3. The molecule has 12 heteroatoms. The summed E-state index contributed by atoms with van der Waals surface area (Å²) in [6.07, 6.45) is -1.43. The van der Waals surface area contributed by atoms with Gasteiger partial charge >= 0.3 is 24.4 Å². The van der Waals surface area contributed by atoms with Crippen molar-refractivity contribution in [3.8, 4) is 11.5 Å². The molecular weight excluding hydrogens is 502 g/mol. The number of benzene rings is 1. The molecule has 0 saturated heterocycles. The standard InChI is InChI=1S/C26H39NO11/c1-7-9-16(3)35-25(30)37-21-12-11-19(14-22(21)38-26(31)36-17(4)10-8-2)13-20(27)23(28)34-18(5)15-33-24(29)32-6/h11-12,14,16-18,20H,7-10,13,15,27H2,1-6H3/t16?,17?,18-,20-/m0/s1. The zero-order chi connectivity index (χ0) is 28.7. The minimum absolute atomic E-state index is 0.000677. The monoisotopic (exact) mass is 541 g/mol. The van der Waals surface area contributed by atoms with Crippen molar-refractivity contribution in [3.63, 3.8) is 0 Å². The van der Waals surface area contributed by atoms with Crippen LogP contribution in [-0.4, -0.2) is 62.5 Å². The van der Waals surface area contributed by atoms with Crippen LogP contribution in [0.5, 0.6) is 11.5 Å². The normalized spacial score (nSPS) is 13.8. The summed E-state index contributed by atoms with van der Waals surface area (Å²) in [6, 6.07) is 3.25. The van der Waals surface area contributed by atoms with Crippen molar-refractivity contribution < 1.29 is 52.3 Å². The van der Waals surface area contributed by atoms with E-state index in [4.69, 9.17) is 34.2 Å². The van der Waals surface area contributed by atoms with Gasteiger partial charge in [-0.3, -0.25) is 4.79 Å². The molecule has 0 amide bonds. The third-order valence-electron chi connectivity index (χ3n) is 5.06. The largest absolute Gasteiger partial charge is 0.514 e. The Morgan fingerprint density at radius 2 is 1.34 bits per heavy atom. The van der Waals surface area contributed by atoms with E-state index in [1.165, 1.54) is 19.1 Å². The van der Waals surface area contributed by atoms with Gasteiger partial charge in [-0.1, -0.05) is 32.8 Å². The summed E-state index contributed by atoms with van der Waals surface area (Å²) in [5, 5.41) is 0. The number of hydrogen-bond donors (Lipinski definition) is 1.